The Morgan fingerprint density at radius 2 is 1.90 bits per heavy atom. The Hall–Kier alpha value is -1.20. The molecular formula is C15H23NO3S. The quantitative estimate of drug-likeness (QED) is 0.459. The van der Waals surface area contributed by atoms with Crippen LogP contribution >= 0.6 is 11.8 Å². The van der Waals surface area contributed by atoms with Crippen molar-refractivity contribution in [2.75, 3.05) is 7.11 Å². The van der Waals surface area contributed by atoms with Crippen LogP contribution in [-0.4, -0.2) is 23.5 Å². The number of hydrogen-bond acceptors (Lipinski definition) is 4. The highest BCUT2D eigenvalue weighted by molar-refractivity contribution is 8.00. The maximum Gasteiger partial charge on any atom is 0.257 e. The largest absolute Gasteiger partial charge is 0.497 e. The van der Waals surface area contributed by atoms with Crippen molar-refractivity contribution in [2.45, 2.75) is 43.8 Å². The molecule has 0 fully saturated rings. The first kappa shape index (κ1) is 16.9. The predicted molar refractivity (Wildman–Crippen MR) is 81.3 cm³/mol. The predicted octanol–water partition coefficient (Wildman–Crippen LogP) is 3.49. The number of rotatable bonds is 7. The molecule has 0 radical (unpaired) electrons. The van der Waals surface area contributed by atoms with E-state index in [0.29, 0.717) is 0 Å². The molecule has 1 aromatic carbocycles. The van der Waals surface area contributed by atoms with Gasteiger partial charge in [-0.25, -0.2) is 5.48 Å². The Kier molecular flexibility index (Phi) is 6.36. The molecule has 0 aliphatic heterocycles. The van der Waals surface area contributed by atoms with E-state index in [1.165, 1.54) is 11.8 Å². The van der Waals surface area contributed by atoms with Crippen molar-refractivity contribution in [3.63, 3.8) is 0 Å². The normalized spacial score (nSPS) is 12.8. The third-order valence-corrected chi connectivity index (χ3v) is 5.47. The standard InChI is InChI=1S/C15H23NO3S/c1-5-15(3,6-2)13(14(17)16-18)20-12-9-7-11(19-4)8-10-12/h7-10,13,18H,5-6H2,1-4H3,(H,16,17). The summed E-state index contributed by atoms with van der Waals surface area (Å²) in [7, 11) is 1.62. The fourth-order valence-electron chi connectivity index (χ4n) is 1.98. The minimum Gasteiger partial charge on any atom is -0.497 e. The molecule has 1 atom stereocenters. The van der Waals surface area contributed by atoms with Gasteiger partial charge < -0.3 is 4.74 Å². The van der Waals surface area contributed by atoms with Crippen molar-refractivity contribution < 1.29 is 14.7 Å². The number of methoxy groups -OCH3 is 1. The van der Waals surface area contributed by atoms with Crippen molar-refractivity contribution in [3.05, 3.63) is 24.3 Å². The van der Waals surface area contributed by atoms with E-state index in [9.17, 15) is 4.79 Å². The highest BCUT2D eigenvalue weighted by Crippen LogP contribution is 2.41. The highest BCUT2D eigenvalue weighted by atomic mass is 32.2. The van der Waals surface area contributed by atoms with Crippen LogP contribution in [0.25, 0.3) is 0 Å². The van der Waals surface area contributed by atoms with Crippen LogP contribution in [0.4, 0.5) is 0 Å². The molecule has 112 valence electrons. The summed E-state index contributed by atoms with van der Waals surface area (Å²) in [4.78, 5) is 13.0. The number of nitrogens with one attached hydrogen (secondary N) is 1. The average molecular weight is 297 g/mol. The van der Waals surface area contributed by atoms with Crippen LogP contribution in [0.2, 0.25) is 0 Å². The van der Waals surface area contributed by atoms with Gasteiger partial charge in [0.25, 0.3) is 5.91 Å². The van der Waals surface area contributed by atoms with E-state index in [0.717, 1.165) is 23.5 Å². The van der Waals surface area contributed by atoms with Crippen LogP contribution in [-0.2, 0) is 4.79 Å². The van der Waals surface area contributed by atoms with Crippen LogP contribution < -0.4 is 10.2 Å². The first-order chi connectivity index (χ1) is 9.50. The average Bonchev–Trinajstić information content (AvgIpc) is 2.51. The van der Waals surface area contributed by atoms with Crippen LogP contribution in [0.5, 0.6) is 5.75 Å². The summed E-state index contributed by atoms with van der Waals surface area (Å²) < 4.78 is 5.12. The topological polar surface area (TPSA) is 58.6 Å². The molecule has 2 N–H and O–H groups in total. The number of carbonyl (C=O) groups excluding carboxylic acids is 1. The zero-order valence-electron chi connectivity index (χ0n) is 12.5. The van der Waals surface area contributed by atoms with E-state index >= 15 is 0 Å². The molecular weight excluding hydrogens is 274 g/mol. The molecule has 0 spiro atoms. The summed E-state index contributed by atoms with van der Waals surface area (Å²) in [5.74, 6) is 0.434. The lowest BCUT2D eigenvalue weighted by Crippen LogP contribution is -2.41. The van der Waals surface area contributed by atoms with E-state index in [2.05, 4.69) is 20.8 Å². The molecule has 0 saturated carbocycles. The molecule has 0 saturated heterocycles. The first-order valence-corrected chi connectivity index (χ1v) is 7.63. The summed E-state index contributed by atoms with van der Waals surface area (Å²) in [5, 5.41) is 8.65. The number of benzene rings is 1. The van der Waals surface area contributed by atoms with E-state index in [4.69, 9.17) is 9.94 Å². The molecule has 0 bridgehead atoms. The maximum absolute atomic E-state index is 12.0. The number of amides is 1. The zero-order chi connectivity index (χ0) is 15.2. The number of ether oxygens (including phenoxy) is 1. The minimum absolute atomic E-state index is 0.169. The van der Waals surface area contributed by atoms with Crippen LogP contribution in [0.1, 0.15) is 33.6 Å². The number of hydroxylamine groups is 1. The van der Waals surface area contributed by atoms with E-state index in [-0.39, 0.29) is 16.6 Å². The van der Waals surface area contributed by atoms with Gasteiger partial charge in [0.05, 0.1) is 12.4 Å². The minimum atomic E-state index is -0.350. The summed E-state index contributed by atoms with van der Waals surface area (Å²) in [6.07, 6.45) is 1.73. The first-order valence-electron chi connectivity index (χ1n) is 6.75. The molecule has 1 unspecified atom stereocenters. The second kappa shape index (κ2) is 7.55. The van der Waals surface area contributed by atoms with Crippen molar-refractivity contribution in [2.24, 2.45) is 5.41 Å². The van der Waals surface area contributed by atoms with Crippen LogP contribution in [0, 0.1) is 5.41 Å². The Bertz CT molecular complexity index is 429. The van der Waals surface area contributed by atoms with E-state index < -0.39 is 0 Å². The zero-order valence-corrected chi connectivity index (χ0v) is 13.3. The van der Waals surface area contributed by atoms with Gasteiger partial charge in [0, 0.05) is 4.90 Å². The molecule has 4 nitrogen and oxygen atoms in total. The third-order valence-electron chi connectivity index (χ3n) is 3.91. The van der Waals surface area contributed by atoms with Gasteiger partial charge in [-0.1, -0.05) is 20.8 Å². The fraction of sp³-hybridized carbons (Fsp3) is 0.533. The van der Waals surface area contributed by atoms with Gasteiger partial charge in [-0.2, -0.15) is 0 Å². The highest BCUT2D eigenvalue weighted by Gasteiger charge is 2.37. The molecule has 1 amide bonds. The van der Waals surface area contributed by atoms with Crippen molar-refractivity contribution in [1.29, 1.82) is 0 Å². The molecule has 0 aliphatic rings. The molecule has 20 heavy (non-hydrogen) atoms. The maximum atomic E-state index is 12.0. The smallest absolute Gasteiger partial charge is 0.257 e. The lowest BCUT2D eigenvalue weighted by Gasteiger charge is -2.34. The van der Waals surface area contributed by atoms with Gasteiger partial charge >= 0.3 is 0 Å². The molecule has 1 rings (SSSR count). The van der Waals surface area contributed by atoms with Gasteiger partial charge in [-0.15, -0.1) is 11.8 Å². The van der Waals surface area contributed by atoms with Crippen molar-refractivity contribution in [3.8, 4) is 5.75 Å². The van der Waals surface area contributed by atoms with Crippen molar-refractivity contribution in [1.82, 2.24) is 5.48 Å². The van der Waals surface area contributed by atoms with Crippen LogP contribution in [0.15, 0.2) is 29.2 Å². The Morgan fingerprint density at radius 3 is 2.30 bits per heavy atom. The lowest BCUT2D eigenvalue weighted by molar-refractivity contribution is -0.130. The Labute approximate surface area is 124 Å². The second-order valence-corrected chi connectivity index (χ2v) is 6.19. The Morgan fingerprint density at radius 1 is 1.35 bits per heavy atom. The molecule has 0 aromatic heterocycles. The molecule has 0 aliphatic carbocycles. The molecule has 0 heterocycles. The molecule has 1 aromatic rings. The summed E-state index contributed by atoms with van der Waals surface area (Å²) in [6, 6.07) is 7.58. The fourth-order valence-corrected chi connectivity index (χ4v) is 3.33. The van der Waals surface area contributed by atoms with E-state index in [1.54, 1.807) is 12.6 Å². The lowest BCUT2D eigenvalue weighted by atomic mass is 9.81. The SMILES string of the molecule is CCC(C)(CC)C(Sc1ccc(OC)cc1)C(=O)NO. The third kappa shape index (κ3) is 3.90. The van der Waals surface area contributed by atoms with Gasteiger partial charge in [0.2, 0.25) is 0 Å². The van der Waals surface area contributed by atoms with Gasteiger partial charge in [0.15, 0.2) is 0 Å². The summed E-state index contributed by atoms with van der Waals surface area (Å²) >= 11 is 1.47. The van der Waals surface area contributed by atoms with Crippen LogP contribution in [0.3, 0.4) is 0 Å². The molecule has 5 heteroatoms. The van der Waals surface area contributed by atoms with Gasteiger partial charge in [-0.3, -0.25) is 10.0 Å². The monoisotopic (exact) mass is 297 g/mol. The summed E-state index contributed by atoms with van der Waals surface area (Å²) in [5.41, 5.74) is 1.63. The summed E-state index contributed by atoms with van der Waals surface area (Å²) in [6.45, 7) is 6.20. The number of carbonyl (C=O) groups is 1. The van der Waals surface area contributed by atoms with E-state index in [1.807, 2.05) is 24.3 Å². The van der Waals surface area contributed by atoms with Gasteiger partial charge in [0.1, 0.15) is 5.75 Å². The van der Waals surface area contributed by atoms with Gasteiger partial charge in [-0.05, 0) is 42.5 Å². The Balaban J connectivity index is 2.97. The number of thioether (sulfide) groups is 1. The second-order valence-electron chi connectivity index (χ2n) is 5.01. The van der Waals surface area contributed by atoms with Crippen molar-refractivity contribution >= 4 is 17.7 Å². The number of hydrogen-bond donors (Lipinski definition) is 2.